The number of likely N-dealkylation sites (N-methyl/N-ethyl adjacent to an activating group) is 1. The lowest BCUT2D eigenvalue weighted by Crippen LogP contribution is -2.42. The first-order valence-corrected chi connectivity index (χ1v) is 6.62. The summed E-state index contributed by atoms with van der Waals surface area (Å²) in [4.78, 5) is 17.9. The second-order valence-corrected chi connectivity index (χ2v) is 5.01. The molecule has 0 aliphatic carbocycles. The van der Waals surface area contributed by atoms with Gasteiger partial charge in [-0.05, 0) is 31.0 Å². The van der Waals surface area contributed by atoms with Gasteiger partial charge in [-0.25, -0.2) is 4.98 Å². The van der Waals surface area contributed by atoms with Crippen LogP contribution in [0.1, 0.15) is 17.2 Å². The van der Waals surface area contributed by atoms with Gasteiger partial charge in [0.1, 0.15) is 11.6 Å². The molecule has 1 atom stereocenters. The summed E-state index contributed by atoms with van der Waals surface area (Å²) in [6, 6.07) is 6.02. The van der Waals surface area contributed by atoms with Gasteiger partial charge < -0.3 is 15.7 Å². The fraction of sp³-hybridized carbons (Fsp3) is 0.357. The summed E-state index contributed by atoms with van der Waals surface area (Å²) in [5, 5.41) is 16.0. The second kappa shape index (κ2) is 6.36. The number of rotatable bonds is 5. The molecule has 2 rings (SSSR count). The molecule has 7 nitrogen and oxygen atoms in total. The molecule has 0 radical (unpaired) electrons. The van der Waals surface area contributed by atoms with Gasteiger partial charge in [-0.1, -0.05) is 12.1 Å². The van der Waals surface area contributed by atoms with Gasteiger partial charge >= 0.3 is 0 Å². The number of aromatic nitrogens is 3. The van der Waals surface area contributed by atoms with Crippen LogP contribution in [0, 0.1) is 6.92 Å². The number of carbonyl (C=O) groups is 1. The highest BCUT2D eigenvalue weighted by Crippen LogP contribution is 2.11. The number of nitrogens with one attached hydrogen (secondary N) is 1. The Morgan fingerprint density at radius 2 is 2.10 bits per heavy atom. The molecular weight excluding hydrogens is 270 g/mol. The van der Waals surface area contributed by atoms with E-state index in [2.05, 4.69) is 15.2 Å². The number of aryl methyl sites for hydroxylation is 1. The summed E-state index contributed by atoms with van der Waals surface area (Å²) >= 11 is 0. The van der Waals surface area contributed by atoms with Crippen LogP contribution in [0.3, 0.4) is 0 Å². The molecule has 0 unspecified atom stereocenters. The van der Waals surface area contributed by atoms with Crippen molar-refractivity contribution in [1.29, 1.82) is 0 Å². The number of benzene rings is 1. The van der Waals surface area contributed by atoms with E-state index in [0.29, 0.717) is 24.6 Å². The van der Waals surface area contributed by atoms with Gasteiger partial charge in [0.2, 0.25) is 5.91 Å². The molecule has 0 aliphatic rings. The van der Waals surface area contributed by atoms with Crippen molar-refractivity contribution in [2.45, 2.75) is 25.9 Å². The summed E-state index contributed by atoms with van der Waals surface area (Å²) in [6.07, 6.45) is 0.413. The van der Waals surface area contributed by atoms with Crippen LogP contribution < -0.4 is 5.73 Å². The Kier molecular flexibility index (Phi) is 4.54. The minimum absolute atomic E-state index is 0.175. The van der Waals surface area contributed by atoms with E-state index in [1.165, 1.54) is 4.90 Å². The highest BCUT2D eigenvalue weighted by atomic mass is 16.3. The maximum absolute atomic E-state index is 12.2. The van der Waals surface area contributed by atoms with E-state index in [-0.39, 0.29) is 11.7 Å². The average Bonchev–Trinajstić information content (AvgIpc) is 2.85. The zero-order valence-electron chi connectivity index (χ0n) is 12.1. The number of H-pyrrole nitrogens is 1. The van der Waals surface area contributed by atoms with Crippen molar-refractivity contribution in [3.63, 3.8) is 0 Å². The van der Waals surface area contributed by atoms with Crippen LogP contribution in [0.25, 0.3) is 0 Å². The SMILES string of the molecule is Cc1nc(CN(C)C(=O)[C@@H](N)Cc2ccc(O)cc2)n[nH]1. The van der Waals surface area contributed by atoms with Crippen LogP contribution in [-0.4, -0.2) is 44.2 Å². The van der Waals surface area contributed by atoms with E-state index in [1.54, 1.807) is 38.2 Å². The highest BCUT2D eigenvalue weighted by Gasteiger charge is 2.19. The van der Waals surface area contributed by atoms with E-state index < -0.39 is 6.04 Å². The van der Waals surface area contributed by atoms with E-state index >= 15 is 0 Å². The van der Waals surface area contributed by atoms with Crippen LogP contribution >= 0.6 is 0 Å². The molecule has 21 heavy (non-hydrogen) atoms. The lowest BCUT2D eigenvalue weighted by atomic mass is 10.1. The van der Waals surface area contributed by atoms with Crippen LogP contribution in [0.5, 0.6) is 5.75 Å². The van der Waals surface area contributed by atoms with Gasteiger partial charge in [-0.2, -0.15) is 5.10 Å². The lowest BCUT2D eigenvalue weighted by molar-refractivity contribution is -0.131. The number of hydrogen-bond donors (Lipinski definition) is 3. The summed E-state index contributed by atoms with van der Waals surface area (Å²) in [5.41, 5.74) is 6.84. The van der Waals surface area contributed by atoms with Crippen molar-refractivity contribution in [3.8, 4) is 5.75 Å². The molecule has 0 bridgehead atoms. The van der Waals surface area contributed by atoms with Gasteiger partial charge in [0, 0.05) is 7.05 Å². The fourth-order valence-electron chi connectivity index (χ4n) is 2.01. The Balaban J connectivity index is 1.93. The largest absolute Gasteiger partial charge is 0.508 e. The van der Waals surface area contributed by atoms with E-state index in [0.717, 1.165) is 5.56 Å². The molecule has 1 aromatic heterocycles. The van der Waals surface area contributed by atoms with Crippen molar-refractivity contribution < 1.29 is 9.90 Å². The van der Waals surface area contributed by atoms with Crippen LogP contribution in [0.2, 0.25) is 0 Å². The number of aromatic amines is 1. The second-order valence-electron chi connectivity index (χ2n) is 5.01. The van der Waals surface area contributed by atoms with E-state index in [4.69, 9.17) is 5.73 Å². The zero-order chi connectivity index (χ0) is 15.4. The molecule has 0 spiro atoms. The Hall–Kier alpha value is -2.41. The third-order valence-corrected chi connectivity index (χ3v) is 3.11. The first-order valence-electron chi connectivity index (χ1n) is 6.62. The average molecular weight is 289 g/mol. The molecule has 0 saturated carbocycles. The number of phenols is 1. The maximum Gasteiger partial charge on any atom is 0.239 e. The van der Waals surface area contributed by atoms with Crippen molar-refractivity contribution in [1.82, 2.24) is 20.1 Å². The first kappa shape index (κ1) is 15.0. The van der Waals surface area contributed by atoms with Gasteiger partial charge in [-0.15, -0.1) is 0 Å². The third kappa shape index (κ3) is 4.03. The van der Waals surface area contributed by atoms with E-state index in [9.17, 15) is 9.90 Å². The predicted molar refractivity (Wildman–Crippen MR) is 77.4 cm³/mol. The molecular formula is C14H19N5O2. The van der Waals surface area contributed by atoms with E-state index in [1.807, 2.05) is 0 Å². The van der Waals surface area contributed by atoms with Gasteiger partial charge in [0.05, 0.1) is 12.6 Å². The normalized spacial score (nSPS) is 12.1. The molecule has 1 heterocycles. The molecule has 1 aromatic carbocycles. The smallest absolute Gasteiger partial charge is 0.239 e. The maximum atomic E-state index is 12.2. The quantitative estimate of drug-likeness (QED) is 0.736. The number of hydrogen-bond acceptors (Lipinski definition) is 5. The third-order valence-electron chi connectivity index (χ3n) is 3.11. The van der Waals surface area contributed by atoms with Crippen LogP contribution in [-0.2, 0) is 17.8 Å². The summed E-state index contributed by atoms with van der Waals surface area (Å²) in [7, 11) is 1.67. The number of phenolic OH excluding ortho intramolecular Hbond substituents is 1. The molecule has 0 saturated heterocycles. The summed E-state index contributed by atoms with van der Waals surface area (Å²) in [5.74, 6) is 1.28. The number of carbonyl (C=O) groups excluding carboxylic acids is 1. The minimum atomic E-state index is -0.639. The molecule has 0 aliphatic heterocycles. The number of nitrogens with two attached hydrogens (primary N) is 1. The van der Waals surface area contributed by atoms with Gasteiger partial charge in [0.25, 0.3) is 0 Å². The molecule has 7 heteroatoms. The topological polar surface area (TPSA) is 108 Å². The van der Waals surface area contributed by atoms with Crippen molar-refractivity contribution in [2.24, 2.45) is 5.73 Å². The van der Waals surface area contributed by atoms with Gasteiger partial charge in [0.15, 0.2) is 5.82 Å². The Morgan fingerprint density at radius 1 is 1.43 bits per heavy atom. The molecule has 112 valence electrons. The monoisotopic (exact) mass is 289 g/mol. The predicted octanol–water partition coefficient (Wildman–Crippen LogP) is 0.347. The highest BCUT2D eigenvalue weighted by molar-refractivity contribution is 5.81. The Morgan fingerprint density at radius 3 is 2.67 bits per heavy atom. The lowest BCUT2D eigenvalue weighted by Gasteiger charge is -2.20. The van der Waals surface area contributed by atoms with Crippen LogP contribution in [0.4, 0.5) is 0 Å². The fourth-order valence-corrected chi connectivity index (χ4v) is 2.01. The molecule has 0 fully saturated rings. The summed E-state index contributed by atoms with van der Waals surface area (Å²) in [6.45, 7) is 2.11. The Labute approximate surface area is 122 Å². The summed E-state index contributed by atoms with van der Waals surface area (Å²) < 4.78 is 0. The van der Waals surface area contributed by atoms with Crippen LogP contribution in [0.15, 0.2) is 24.3 Å². The number of aromatic hydroxyl groups is 1. The minimum Gasteiger partial charge on any atom is -0.508 e. The Bertz CT molecular complexity index is 608. The molecule has 4 N–H and O–H groups in total. The zero-order valence-corrected chi connectivity index (χ0v) is 12.1. The molecule has 2 aromatic rings. The number of nitrogens with zero attached hydrogens (tertiary/aromatic N) is 3. The molecule has 1 amide bonds. The van der Waals surface area contributed by atoms with Crippen molar-refractivity contribution in [2.75, 3.05) is 7.05 Å². The number of amides is 1. The standard InChI is InChI=1S/C14H19N5O2/c1-9-16-13(18-17-9)8-19(2)14(21)12(15)7-10-3-5-11(20)6-4-10/h3-6,12,20H,7-8,15H2,1-2H3,(H,16,17,18)/t12-/m0/s1. The van der Waals surface area contributed by atoms with Crippen molar-refractivity contribution >= 4 is 5.91 Å². The van der Waals surface area contributed by atoms with Crippen molar-refractivity contribution in [3.05, 3.63) is 41.5 Å². The van der Waals surface area contributed by atoms with Gasteiger partial charge in [-0.3, -0.25) is 9.89 Å². The first-order chi connectivity index (χ1) is 9.95.